The molecule has 132 valence electrons. The number of fused-ring (bicyclic) bond motifs is 1. The maximum absolute atomic E-state index is 12.3. The van der Waals surface area contributed by atoms with Gasteiger partial charge >= 0.3 is 0 Å². The zero-order valence-electron chi connectivity index (χ0n) is 14.5. The zero-order valence-corrected chi connectivity index (χ0v) is 15.3. The number of nitrogens with zero attached hydrogens (tertiary/aromatic N) is 1. The van der Waals surface area contributed by atoms with Crippen LogP contribution in [0.15, 0.2) is 12.1 Å². The van der Waals surface area contributed by atoms with Crippen LogP contribution in [0.2, 0.25) is 0 Å². The average Bonchev–Trinajstić information content (AvgIpc) is 3.27. The highest BCUT2D eigenvalue weighted by molar-refractivity contribution is 7.11. The molecule has 2 aliphatic heterocycles. The Bertz CT molecular complexity index is 584. The predicted octanol–water partition coefficient (Wildman–Crippen LogP) is 2.95. The van der Waals surface area contributed by atoms with E-state index in [9.17, 15) is 4.79 Å². The van der Waals surface area contributed by atoms with Crippen molar-refractivity contribution in [3.05, 3.63) is 21.9 Å². The van der Waals surface area contributed by atoms with E-state index in [4.69, 9.17) is 4.74 Å². The fourth-order valence-corrected chi connectivity index (χ4v) is 5.12. The summed E-state index contributed by atoms with van der Waals surface area (Å²) < 4.78 is 6.08. The molecule has 2 saturated heterocycles. The van der Waals surface area contributed by atoms with Crippen molar-refractivity contribution < 1.29 is 9.53 Å². The molecular weight excluding hydrogens is 320 g/mol. The molecule has 1 aromatic rings. The van der Waals surface area contributed by atoms with Gasteiger partial charge in [0, 0.05) is 42.4 Å². The highest BCUT2D eigenvalue weighted by Crippen LogP contribution is 2.33. The van der Waals surface area contributed by atoms with Crippen molar-refractivity contribution in [2.45, 2.75) is 57.7 Å². The molecule has 0 radical (unpaired) electrons. The third kappa shape index (κ3) is 4.01. The van der Waals surface area contributed by atoms with Crippen molar-refractivity contribution in [3.8, 4) is 0 Å². The van der Waals surface area contributed by atoms with Gasteiger partial charge in [0.1, 0.15) is 0 Å². The molecule has 24 heavy (non-hydrogen) atoms. The molecule has 0 aromatic carbocycles. The van der Waals surface area contributed by atoms with Crippen LogP contribution in [0.4, 0.5) is 0 Å². The van der Waals surface area contributed by atoms with Crippen LogP contribution in [0.25, 0.3) is 0 Å². The first-order valence-electron chi connectivity index (χ1n) is 9.36. The molecule has 3 aliphatic rings. The number of hydrogen-bond donors (Lipinski definition) is 1. The molecule has 4 rings (SSSR count). The van der Waals surface area contributed by atoms with E-state index < -0.39 is 0 Å². The van der Waals surface area contributed by atoms with E-state index >= 15 is 0 Å². The number of amides is 1. The van der Waals surface area contributed by atoms with Crippen LogP contribution >= 0.6 is 11.3 Å². The fraction of sp³-hybridized carbons (Fsp3) is 0.737. The zero-order chi connectivity index (χ0) is 16.5. The van der Waals surface area contributed by atoms with Crippen LogP contribution in [0.3, 0.4) is 0 Å². The van der Waals surface area contributed by atoms with E-state index in [1.807, 2.05) is 11.3 Å². The molecule has 3 heterocycles. The van der Waals surface area contributed by atoms with Crippen molar-refractivity contribution >= 4 is 17.2 Å². The Balaban J connectivity index is 1.41. The molecule has 0 bridgehead atoms. The number of ether oxygens (including phenoxy) is 1. The number of rotatable bonds is 5. The van der Waals surface area contributed by atoms with Crippen LogP contribution in [-0.4, -0.2) is 42.6 Å². The van der Waals surface area contributed by atoms with Gasteiger partial charge in [0.25, 0.3) is 0 Å². The Kier molecular flexibility index (Phi) is 4.93. The van der Waals surface area contributed by atoms with E-state index in [0.29, 0.717) is 18.3 Å². The Morgan fingerprint density at radius 3 is 2.96 bits per heavy atom. The van der Waals surface area contributed by atoms with Gasteiger partial charge < -0.3 is 10.1 Å². The molecule has 1 amide bonds. The lowest BCUT2D eigenvalue weighted by atomic mass is 9.85. The summed E-state index contributed by atoms with van der Waals surface area (Å²) in [6.45, 7) is 6.01. The van der Waals surface area contributed by atoms with Crippen LogP contribution < -0.4 is 5.32 Å². The van der Waals surface area contributed by atoms with Crippen molar-refractivity contribution in [2.75, 3.05) is 19.7 Å². The lowest BCUT2D eigenvalue weighted by Crippen LogP contribution is -2.60. The van der Waals surface area contributed by atoms with Crippen LogP contribution in [0, 0.1) is 18.8 Å². The average molecular weight is 349 g/mol. The minimum atomic E-state index is 0.149. The molecule has 1 aliphatic carbocycles. The van der Waals surface area contributed by atoms with Crippen molar-refractivity contribution in [3.63, 3.8) is 0 Å². The van der Waals surface area contributed by atoms with Gasteiger partial charge in [-0.05, 0) is 56.6 Å². The van der Waals surface area contributed by atoms with Crippen LogP contribution in [-0.2, 0) is 16.1 Å². The first kappa shape index (κ1) is 16.6. The molecule has 4 nitrogen and oxygen atoms in total. The van der Waals surface area contributed by atoms with Gasteiger partial charge in [-0.1, -0.05) is 0 Å². The molecular formula is C19H28N2O2S. The summed E-state index contributed by atoms with van der Waals surface area (Å²) in [5, 5.41) is 3.31. The fourth-order valence-electron chi connectivity index (χ4n) is 4.19. The van der Waals surface area contributed by atoms with Gasteiger partial charge in [-0.15, -0.1) is 11.3 Å². The maximum atomic E-state index is 12.3. The largest absolute Gasteiger partial charge is 0.376 e. The minimum Gasteiger partial charge on any atom is -0.376 e. The SMILES string of the molecule is Cc1ccc(CN2C[C@@H]3CCCO[C@@H]3[C@H](NC(=O)CC3CC3)C2)s1. The third-order valence-electron chi connectivity index (χ3n) is 5.53. The lowest BCUT2D eigenvalue weighted by molar-refractivity contribution is -0.128. The summed E-state index contributed by atoms with van der Waals surface area (Å²) in [5.74, 6) is 1.42. The second kappa shape index (κ2) is 7.14. The molecule has 0 unspecified atom stereocenters. The number of thiophene rings is 1. The Hall–Kier alpha value is -0.910. The van der Waals surface area contributed by atoms with Crippen molar-refractivity contribution in [1.82, 2.24) is 10.2 Å². The van der Waals surface area contributed by atoms with Gasteiger partial charge in [-0.2, -0.15) is 0 Å². The predicted molar refractivity (Wildman–Crippen MR) is 96.1 cm³/mol. The Morgan fingerprint density at radius 2 is 2.21 bits per heavy atom. The van der Waals surface area contributed by atoms with Crippen LogP contribution in [0.1, 0.15) is 41.9 Å². The minimum absolute atomic E-state index is 0.149. The maximum Gasteiger partial charge on any atom is 0.220 e. The molecule has 0 spiro atoms. The summed E-state index contributed by atoms with van der Waals surface area (Å²) in [6.07, 6.45) is 5.74. The Labute approximate surface area is 148 Å². The number of aryl methyl sites for hydroxylation is 1. The van der Waals surface area contributed by atoms with E-state index in [0.717, 1.165) is 32.7 Å². The number of piperidine rings is 1. The van der Waals surface area contributed by atoms with Gasteiger partial charge in [0.2, 0.25) is 5.91 Å². The normalized spacial score (nSPS) is 30.8. The monoisotopic (exact) mass is 348 g/mol. The lowest BCUT2D eigenvalue weighted by Gasteiger charge is -2.46. The molecule has 5 heteroatoms. The number of carbonyl (C=O) groups is 1. The van der Waals surface area contributed by atoms with Crippen molar-refractivity contribution in [1.29, 1.82) is 0 Å². The molecule has 3 fully saturated rings. The topological polar surface area (TPSA) is 41.6 Å². The van der Waals surface area contributed by atoms with Crippen LogP contribution in [0.5, 0.6) is 0 Å². The standard InChI is InChI=1S/C19H28N2O2S/c1-13-4-7-16(24-13)11-21-10-15-3-2-8-23-19(15)17(12-21)20-18(22)9-14-5-6-14/h4,7,14-15,17,19H,2-3,5-6,8-12H2,1H3,(H,20,22)/t15-,17+,19-/m0/s1. The van der Waals surface area contributed by atoms with Gasteiger partial charge in [-0.25, -0.2) is 0 Å². The quantitative estimate of drug-likeness (QED) is 0.889. The summed E-state index contributed by atoms with van der Waals surface area (Å²) in [4.78, 5) is 17.6. The highest BCUT2D eigenvalue weighted by atomic mass is 32.1. The number of nitrogens with one attached hydrogen (secondary N) is 1. The Morgan fingerprint density at radius 1 is 1.33 bits per heavy atom. The number of carbonyl (C=O) groups excluding carboxylic acids is 1. The van der Waals surface area contributed by atoms with E-state index in [2.05, 4.69) is 29.3 Å². The van der Waals surface area contributed by atoms with Crippen molar-refractivity contribution in [2.24, 2.45) is 11.8 Å². The molecule has 1 saturated carbocycles. The van der Waals surface area contributed by atoms with Gasteiger partial charge in [-0.3, -0.25) is 9.69 Å². The second-order valence-corrected chi connectivity index (χ2v) is 9.14. The third-order valence-corrected chi connectivity index (χ3v) is 6.52. The van der Waals surface area contributed by atoms with Gasteiger partial charge in [0.15, 0.2) is 0 Å². The number of hydrogen-bond acceptors (Lipinski definition) is 4. The summed E-state index contributed by atoms with van der Waals surface area (Å²) in [6, 6.07) is 4.59. The first-order chi connectivity index (χ1) is 11.7. The van der Waals surface area contributed by atoms with E-state index in [-0.39, 0.29) is 18.1 Å². The molecule has 1 aromatic heterocycles. The van der Waals surface area contributed by atoms with E-state index in [1.54, 1.807) is 0 Å². The van der Waals surface area contributed by atoms with E-state index in [1.165, 1.54) is 29.0 Å². The smallest absolute Gasteiger partial charge is 0.220 e. The highest BCUT2D eigenvalue weighted by Gasteiger charge is 2.40. The summed E-state index contributed by atoms with van der Waals surface area (Å²) >= 11 is 1.88. The second-order valence-electron chi connectivity index (χ2n) is 7.77. The molecule has 1 N–H and O–H groups in total. The number of likely N-dealkylation sites (tertiary alicyclic amines) is 1. The summed E-state index contributed by atoms with van der Waals surface area (Å²) in [5.41, 5.74) is 0. The summed E-state index contributed by atoms with van der Waals surface area (Å²) in [7, 11) is 0. The van der Waals surface area contributed by atoms with Gasteiger partial charge in [0.05, 0.1) is 12.1 Å². The molecule has 3 atom stereocenters. The first-order valence-corrected chi connectivity index (χ1v) is 10.2.